The molecule has 0 aromatic heterocycles. The van der Waals surface area contributed by atoms with Crippen molar-refractivity contribution in [2.75, 3.05) is 0 Å². The van der Waals surface area contributed by atoms with Crippen LogP contribution >= 0.6 is 20.1 Å². The van der Waals surface area contributed by atoms with Crippen LogP contribution in [0.4, 0.5) is 0 Å². The normalized spacial score (nSPS) is 12.7. The van der Waals surface area contributed by atoms with E-state index in [1.54, 1.807) is 0 Å². The zero-order valence-electron chi connectivity index (χ0n) is 15.7. The Morgan fingerprint density at radius 3 is 1.39 bits per heavy atom. The average molecular weight is 359 g/mol. The second-order valence-corrected chi connectivity index (χ2v) is 8.98. The van der Waals surface area contributed by atoms with Crippen LogP contribution in [0.1, 0.15) is 55.4 Å². The molecule has 0 unspecified atom stereocenters. The molecule has 0 radical (unpaired) electrons. The Morgan fingerprint density at radius 2 is 1.09 bits per heavy atom. The van der Waals surface area contributed by atoms with E-state index < -0.39 is 8.45 Å². The van der Waals surface area contributed by atoms with Gasteiger partial charge in [0.05, 0.1) is 0 Å². The summed E-state index contributed by atoms with van der Waals surface area (Å²) < 4.78 is 11.4. The van der Waals surface area contributed by atoms with Crippen molar-refractivity contribution in [3.63, 3.8) is 0 Å². The number of benzene rings is 1. The Labute approximate surface area is 148 Å². The lowest BCUT2D eigenvalue weighted by molar-refractivity contribution is 0.225. The van der Waals surface area contributed by atoms with Crippen molar-refractivity contribution in [1.82, 2.24) is 9.34 Å². The number of hydrogen-bond acceptors (Lipinski definition) is 3. The Bertz CT molecular complexity index is 427. The molecular weight excluding hydrogens is 327 g/mol. The van der Waals surface area contributed by atoms with E-state index in [-0.39, 0.29) is 0 Å². The summed E-state index contributed by atoms with van der Waals surface area (Å²) in [5.41, 5.74) is 0. The van der Waals surface area contributed by atoms with Crippen LogP contribution in [-0.4, -0.2) is 33.5 Å². The van der Waals surface area contributed by atoms with Gasteiger partial charge < -0.3 is 4.52 Å². The van der Waals surface area contributed by atoms with Gasteiger partial charge in [-0.15, -0.1) is 0 Å². The van der Waals surface area contributed by atoms with Crippen LogP contribution in [0.25, 0.3) is 0 Å². The van der Waals surface area contributed by atoms with E-state index in [1.807, 2.05) is 24.3 Å². The van der Waals surface area contributed by atoms with Gasteiger partial charge in [0.1, 0.15) is 5.75 Å². The van der Waals surface area contributed by atoms with Crippen molar-refractivity contribution < 1.29 is 4.52 Å². The lowest BCUT2D eigenvalue weighted by Crippen LogP contribution is -2.44. The number of rotatable bonds is 8. The summed E-state index contributed by atoms with van der Waals surface area (Å²) in [5.74, 6) is 0.873. The summed E-state index contributed by atoms with van der Waals surface area (Å²) in [6.07, 6.45) is 0. The summed E-state index contributed by atoms with van der Waals surface area (Å²) in [5, 5.41) is 0.732. The molecule has 0 N–H and O–H groups in total. The van der Waals surface area contributed by atoms with Gasteiger partial charge in [0.2, 0.25) is 8.45 Å². The Balaban J connectivity index is 3.20. The van der Waals surface area contributed by atoms with Crippen LogP contribution in [0.5, 0.6) is 5.75 Å². The molecule has 0 amide bonds. The van der Waals surface area contributed by atoms with E-state index in [0.29, 0.717) is 24.2 Å². The molecule has 0 fully saturated rings. The third kappa shape index (κ3) is 5.90. The molecule has 23 heavy (non-hydrogen) atoms. The Hall–Kier alpha value is -0.340. The van der Waals surface area contributed by atoms with E-state index in [9.17, 15) is 0 Å². The van der Waals surface area contributed by atoms with Crippen LogP contribution in [0, 0.1) is 0 Å². The topological polar surface area (TPSA) is 15.7 Å². The molecule has 0 aliphatic carbocycles. The molecular formula is C18H32ClN2OP. The van der Waals surface area contributed by atoms with E-state index in [4.69, 9.17) is 16.1 Å². The molecule has 1 rings (SSSR count). The first kappa shape index (κ1) is 20.7. The predicted octanol–water partition coefficient (Wildman–Crippen LogP) is 6.18. The maximum Gasteiger partial charge on any atom is 0.249 e. The fourth-order valence-corrected chi connectivity index (χ4v) is 5.23. The molecule has 0 spiro atoms. The predicted molar refractivity (Wildman–Crippen MR) is 103 cm³/mol. The van der Waals surface area contributed by atoms with Gasteiger partial charge in [0, 0.05) is 29.2 Å². The molecule has 0 heterocycles. The van der Waals surface area contributed by atoms with Gasteiger partial charge in [0.25, 0.3) is 0 Å². The van der Waals surface area contributed by atoms with Crippen molar-refractivity contribution in [3.05, 3.63) is 29.3 Å². The highest BCUT2D eigenvalue weighted by Crippen LogP contribution is 2.50. The zero-order valence-corrected chi connectivity index (χ0v) is 17.4. The van der Waals surface area contributed by atoms with Crippen molar-refractivity contribution >= 4 is 20.1 Å². The highest BCUT2D eigenvalue weighted by molar-refractivity contribution is 7.47. The van der Waals surface area contributed by atoms with Crippen molar-refractivity contribution in [2.45, 2.75) is 79.6 Å². The quantitative estimate of drug-likeness (QED) is 0.516. The van der Waals surface area contributed by atoms with Crippen LogP contribution < -0.4 is 4.52 Å². The maximum atomic E-state index is 6.50. The van der Waals surface area contributed by atoms with Crippen LogP contribution in [-0.2, 0) is 0 Å². The summed E-state index contributed by atoms with van der Waals surface area (Å²) >= 11 is 6.00. The van der Waals surface area contributed by atoms with E-state index in [2.05, 4.69) is 64.7 Å². The molecule has 132 valence electrons. The molecule has 0 bridgehead atoms. The maximum absolute atomic E-state index is 6.50. The largest absolute Gasteiger partial charge is 0.444 e. The molecule has 3 nitrogen and oxygen atoms in total. The highest BCUT2D eigenvalue weighted by atomic mass is 35.5. The molecule has 0 aliphatic rings. The summed E-state index contributed by atoms with van der Waals surface area (Å²) in [4.78, 5) is 0. The fourth-order valence-electron chi connectivity index (χ4n) is 2.79. The Kier molecular flexibility index (Phi) is 8.30. The molecule has 1 aromatic carbocycles. The SMILES string of the molecule is CC(C)N(C(C)C)P(Oc1ccc(Cl)cc1)N(C(C)C)C(C)C. The van der Waals surface area contributed by atoms with E-state index in [0.717, 1.165) is 10.8 Å². The number of nitrogens with zero attached hydrogens (tertiary/aromatic N) is 2. The minimum atomic E-state index is -0.908. The molecule has 0 saturated heterocycles. The van der Waals surface area contributed by atoms with Crippen LogP contribution in [0.2, 0.25) is 5.02 Å². The summed E-state index contributed by atoms with van der Waals surface area (Å²) in [6, 6.07) is 9.32. The van der Waals surface area contributed by atoms with Gasteiger partial charge in [-0.2, -0.15) is 0 Å². The van der Waals surface area contributed by atoms with Crippen molar-refractivity contribution in [1.29, 1.82) is 0 Å². The van der Waals surface area contributed by atoms with Gasteiger partial charge in [-0.25, -0.2) is 9.34 Å². The first-order chi connectivity index (χ1) is 10.6. The average Bonchev–Trinajstić information content (AvgIpc) is 2.39. The summed E-state index contributed by atoms with van der Waals surface area (Å²) in [7, 11) is -0.908. The number of hydrogen-bond donors (Lipinski definition) is 0. The van der Waals surface area contributed by atoms with E-state index >= 15 is 0 Å². The third-order valence-corrected chi connectivity index (χ3v) is 6.78. The molecule has 0 aliphatic heterocycles. The third-order valence-electron chi connectivity index (χ3n) is 3.51. The van der Waals surface area contributed by atoms with Gasteiger partial charge in [0.15, 0.2) is 0 Å². The van der Waals surface area contributed by atoms with Crippen LogP contribution in [0.15, 0.2) is 24.3 Å². The minimum Gasteiger partial charge on any atom is -0.444 e. The van der Waals surface area contributed by atoms with Gasteiger partial charge >= 0.3 is 0 Å². The van der Waals surface area contributed by atoms with Crippen LogP contribution in [0.3, 0.4) is 0 Å². The second-order valence-electron chi connectivity index (χ2n) is 6.93. The molecule has 5 heteroatoms. The standard InChI is InChI=1S/C18H32ClN2OP/c1-13(2)20(14(3)4)23(21(15(5)6)16(7)8)22-18-11-9-17(19)10-12-18/h9-16H,1-8H3. The van der Waals surface area contributed by atoms with Crippen molar-refractivity contribution in [2.24, 2.45) is 0 Å². The minimum absolute atomic E-state index is 0.411. The fraction of sp³-hybridized carbons (Fsp3) is 0.667. The van der Waals surface area contributed by atoms with Gasteiger partial charge in [-0.05, 0) is 79.7 Å². The second kappa shape index (κ2) is 9.22. The van der Waals surface area contributed by atoms with Gasteiger partial charge in [-0.1, -0.05) is 11.6 Å². The zero-order chi connectivity index (χ0) is 17.7. The first-order valence-electron chi connectivity index (χ1n) is 8.45. The number of halogens is 1. The lowest BCUT2D eigenvalue weighted by Gasteiger charge is -2.45. The summed E-state index contributed by atoms with van der Waals surface area (Å²) in [6.45, 7) is 17.9. The smallest absolute Gasteiger partial charge is 0.249 e. The first-order valence-corrected chi connectivity index (χ1v) is 9.99. The highest BCUT2D eigenvalue weighted by Gasteiger charge is 2.35. The molecule has 0 atom stereocenters. The van der Waals surface area contributed by atoms with E-state index in [1.165, 1.54) is 0 Å². The monoisotopic (exact) mass is 358 g/mol. The van der Waals surface area contributed by atoms with Gasteiger partial charge in [-0.3, -0.25) is 0 Å². The molecule has 0 saturated carbocycles. The van der Waals surface area contributed by atoms with Crippen molar-refractivity contribution in [3.8, 4) is 5.75 Å². The molecule has 1 aromatic rings. The lowest BCUT2D eigenvalue weighted by atomic mass is 10.3. The Morgan fingerprint density at radius 1 is 0.739 bits per heavy atom.